The molecule has 0 atom stereocenters. The predicted octanol–water partition coefficient (Wildman–Crippen LogP) is 3.89. The number of aromatic carboxylic acids is 1. The van der Waals surface area contributed by atoms with E-state index in [0.29, 0.717) is 6.54 Å². The largest absolute Gasteiger partial charge is 0.483 e. The molecule has 26 heavy (non-hydrogen) atoms. The van der Waals surface area contributed by atoms with Gasteiger partial charge in [0.1, 0.15) is 11.3 Å². The van der Waals surface area contributed by atoms with Crippen LogP contribution in [0.1, 0.15) is 15.9 Å². The first kappa shape index (κ1) is 17.8. The molecule has 0 heterocycles. The second-order valence-corrected chi connectivity index (χ2v) is 6.09. The fourth-order valence-corrected chi connectivity index (χ4v) is 2.80. The molecule has 0 aliphatic rings. The van der Waals surface area contributed by atoms with E-state index in [-0.39, 0.29) is 28.8 Å². The number of hydrogen-bond donors (Lipinski definition) is 2. The van der Waals surface area contributed by atoms with Crippen molar-refractivity contribution in [1.29, 1.82) is 0 Å². The fourth-order valence-electron chi connectivity index (χ4n) is 2.63. The molecule has 0 fully saturated rings. The standard InChI is InChI=1S/C20H16ClNO4/c21-15-8-9-18(17(10-15)20(24)25)26-12-19(23)22-11-14-6-3-5-13-4-1-2-7-16(13)14/h1-10H,11-12H2,(H,22,23)(H,24,25). The van der Waals surface area contributed by atoms with Crippen LogP contribution in [0.2, 0.25) is 5.02 Å². The van der Waals surface area contributed by atoms with E-state index in [4.69, 9.17) is 21.4 Å². The van der Waals surface area contributed by atoms with Crippen LogP contribution in [0.3, 0.4) is 0 Å². The SMILES string of the molecule is O=C(COc1ccc(Cl)cc1C(=O)O)NCc1cccc2ccccc12. The van der Waals surface area contributed by atoms with E-state index in [9.17, 15) is 9.59 Å². The van der Waals surface area contributed by atoms with Crippen molar-refractivity contribution >= 4 is 34.2 Å². The first-order chi connectivity index (χ1) is 12.5. The molecular formula is C20H16ClNO4. The normalized spacial score (nSPS) is 10.5. The van der Waals surface area contributed by atoms with E-state index < -0.39 is 5.97 Å². The van der Waals surface area contributed by atoms with Gasteiger partial charge in [0.2, 0.25) is 0 Å². The van der Waals surface area contributed by atoms with Crippen LogP contribution in [-0.4, -0.2) is 23.6 Å². The van der Waals surface area contributed by atoms with E-state index in [1.807, 2.05) is 42.5 Å². The Balaban J connectivity index is 1.62. The third-order valence-electron chi connectivity index (χ3n) is 3.89. The van der Waals surface area contributed by atoms with Gasteiger partial charge in [0, 0.05) is 11.6 Å². The number of carboxylic acid groups (broad SMARTS) is 1. The topological polar surface area (TPSA) is 75.6 Å². The van der Waals surface area contributed by atoms with Crippen LogP contribution in [0, 0.1) is 0 Å². The van der Waals surface area contributed by atoms with Gasteiger partial charge in [0.15, 0.2) is 6.61 Å². The predicted molar refractivity (Wildman–Crippen MR) is 99.7 cm³/mol. The molecule has 0 spiro atoms. The average molecular weight is 370 g/mol. The van der Waals surface area contributed by atoms with Crippen molar-refractivity contribution in [2.45, 2.75) is 6.54 Å². The van der Waals surface area contributed by atoms with Crippen molar-refractivity contribution in [2.75, 3.05) is 6.61 Å². The van der Waals surface area contributed by atoms with Crippen LogP contribution in [0.15, 0.2) is 60.7 Å². The van der Waals surface area contributed by atoms with Gasteiger partial charge in [-0.3, -0.25) is 4.79 Å². The molecule has 3 aromatic carbocycles. The Labute approximate surface area is 155 Å². The number of fused-ring (bicyclic) bond motifs is 1. The smallest absolute Gasteiger partial charge is 0.339 e. The van der Waals surface area contributed by atoms with Crippen molar-refractivity contribution in [1.82, 2.24) is 5.32 Å². The third-order valence-corrected chi connectivity index (χ3v) is 4.12. The van der Waals surface area contributed by atoms with Gasteiger partial charge in [-0.1, -0.05) is 54.1 Å². The molecule has 0 aromatic heterocycles. The number of carbonyl (C=O) groups excluding carboxylic acids is 1. The molecule has 0 aliphatic carbocycles. The maximum absolute atomic E-state index is 12.1. The second-order valence-electron chi connectivity index (χ2n) is 5.65. The van der Waals surface area contributed by atoms with Crippen LogP contribution in [-0.2, 0) is 11.3 Å². The molecule has 0 saturated heterocycles. The molecule has 3 aromatic rings. The summed E-state index contributed by atoms with van der Waals surface area (Å²) < 4.78 is 5.34. The molecule has 0 aliphatic heterocycles. The Morgan fingerprint density at radius 3 is 2.62 bits per heavy atom. The highest BCUT2D eigenvalue weighted by atomic mass is 35.5. The molecule has 0 bridgehead atoms. The highest BCUT2D eigenvalue weighted by Gasteiger charge is 2.13. The number of hydrogen-bond acceptors (Lipinski definition) is 3. The Kier molecular flexibility index (Phi) is 5.39. The molecule has 3 rings (SSSR count). The molecule has 132 valence electrons. The number of halogens is 1. The third kappa shape index (κ3) is 4.13. The number of amides is 1. The van der Waals surface area contributed by atoms with Crippen LogP contribution >= 0.6 is 11.6 Å². The van der Waals surface area contributed by atoms with E-state index in [1.165, 1.54) is 18.2 Å². The number of ether oxygens (including phenoxy) is 1. The van der Waals surface area contributed by atoms with E-state index >= 15 is 0 Å². The Bertz CT molecular complexity index is 966. The van der Waals surface area contributed by atoms with Gasteiger partial charge in [-0.25, -0.2) is 4.79 Å². The molecule has 5 nitrogen and oxygen atoms in total. The van der Waals surface area contributed by atoms with E-state index in [2.05, 4.69) is 5.32 Å². The quantitative estimate of drug-likeness (QED) is 0.691. The zero-order chi connectivity index (χ0) is 18.5. The maximum Gasteiger partial charge on any atom is 0.339 e. The molecule has 1 amide bonds. The summed E-state index contributed by atoms with van der Waals surface area (Å²) in [5.74, 6) is -1.41. The van der Waals surface area contributed by atoms with Gasteiger partial charge >= 0.3 is 5.97 Å². The number of carbonyl (C=O) groups is 2. The maximum atomic E-state index is 12.1. The summed E-state index contributed by atoms with van der Waals surface area (Å²) in [6.45, 7) is 0.0721. The van der Waals surface area contributed by atoms with Crippen molar-refractivity contribution in [3.8, 4) is 5.75 Å². The number of nitrogens with one attached hydrogen (secondary N) is 1. The van der Waals surface area contributed by atoms with Crippen molar-refractivity contribution < 1.29 is 19.4 Å². The minimum atomic E-state index is -1.17. The van der Waals surface area contributed by atoms with Crippen molar-refractivity contribution in [2.24, 2.45) is 0 Å². The summed E-state index contributed by atoms with van der Waals surface area (Å²) in [5, 5.41) is 14.4. The second kappa shape index (κ2) is 7.89. The summed E-state index contributed by atoms with van der Waals surface area (Å²) in [5.41, 5.74) is 0.911. The van der Waals surface area contributed by atoms with Gasteiger partial charge in [0.25, 0.3) is 5.91 Å². The van der Waals surface area contributed by atoms with Crippen LogP contribution < -0.4 is 10.1 Å². The minimum Gasteiger partial charge on any atom is -0.483 e. The highest BCUT2D eigenvalue weighted by molar-refractivity contribution is 6.31. The van der Waals surface area contributed by atoms with E-state index in [0.717, 1.165) is 16.3 Å². The lowest BCUT2D eigenvalue weighted by Gasteiger charge is -2.11. The molecule has 0 saturated carbocycles. The van der Waals surface area contributed by atoms with Gasteiger partial charge in [-0.15, -0.1) is 0 Å². The van der Waals surface area contributed by atoms with Crippen LogP contribution in [0.25, 0.3) is 10.8 Å². The molecular weight excluding hydrogens is 354 g/mol. The fraction of sp³-hybridized carbons (Fsp3) is 0.100. The Hall–Kier alpha value is -3.05. The number of carboxylic acids is 1. The lowest BCUT2D eigenvalue weighted by Crippen LogP contribution is -2.28. The summed E-state index contributed by atoms with van der Waals surface area (Å²) in [7, 11) is 0. The average Bonchev–Trinajstić information content (AvgIpc) is 2.65. The van der Waals surface area contributed by atoms with Gasteiger partial charge in [-0.05, 0) is 34.5 Å². The van der Waals surface area contributed by atoms with Gasteiger partial charge in [-0.2, -0.15) is 0 Å². The molecule has 0 radical (unpaired) electrons. The Morgan fingerprint density at radius 1 is 1.04 bits per heavy atom. The van der Waals surface area contributed by atoms with E-state index in [1.54, 1.807) is 0 Å². The highest BCUT2D eigenvalue weighted by Crippen LogP contribution is 2.23. The molecule has 6 heteroatoms. The van der Waals surface area contributed by atoms with Crippen LogP contribution in [0.4, 0.5) is 0 Å². The zero-order valence-electron chi connectivity index (χ0n) is 13.7. The Morgan fingerprint density at radius 2 is 1.81 bits per heavy atom. The summed E-state index contributed by atoms with van der Waals surface area (Å²) >= 11 is 5.79. The lowest BCUT2D eigenvalue weighted by atomic mass is 10.0. The molecule has 0 unspecified atom stereocenters. The summed E-state index contributed by atoms with van der Waals surface area (Å²) in [6.07, 6.45) is 0. The van der Waals surface area contributed by atoms with Crippen molar-refractivity contribution in [3.63, 3.8) is 0 Å². The minimum absolute atomic E-state index is 0.0839. The lowest BCUT2D eigenvalue weighted by molar-refractivity contribution is -0.123. The number of benzene rings is 3. The summed E-state index contributed by atoms with van der Waals surface area (Å²) in [6, 6.07) is 18.1. The summed E-state index contributed by atoms with van der Waals surface area (Å²) in [4.78, 5) is 23.3. The first-order valence-corrected chi connectivity index (χ1v) is 8.31. The van der Waals surface area contributed by atoms with Gasteiger partial charge < -0.3 is 15.2 Å². The number of rotatable bonds is 6. The zero-order valence-corrected chi connectivity index (χ0v) is 14.5. The molecule has 2 N–H and O–H groups in total. The van der Waals surface area contributed by atoms with Gasteiger partial charge in [0.05, 0.1) is 0 Å². The monoisotopic (exact) mass is 369 g/mol. The van der Waals surface area contributed by atoms with Crippen LogP contribution in [0.5, 0.6) is 5.75 Å². The van der Waals surface area contributed by atoms with Crippen molar-refractivity contribution in [3.05, 3.63) is 76.8 Å². The first-order valence-electron chi connectivity index (χ1n) is 7.93.